The third-order valence-corrected chi connectivity index (χ3v) is 5.42. The molecule has 0 spiro atoms. The van der Waals surface area contributed by atoms with E-state index < -0.39 is 0 Å². The fraction of sp³-hybridized carbons (Fsp3) is 0.273. The van der Waals surface area contributed by atoms with Gasteiger partial charge in [-0.15, -0.1) is 0 Å². The van der Waals surface area contributed by atoms with E-state index in [2.05, 4.69) is 117 Å². The van der Waals surface area contributed by atoms with Crippen molar-refractivity contribution in [1.29, 1.82) is 0 Å². The second kappa shape index (κ2) is 11.7. The zero-order valence-electron chi connectivity index (χ0n) is 13.7. The molecule has 0 heterocycles. The number of rotatable bonds is 5. The Balaban J connectivity index is 1.75. The van der Waals surface area contributed by atoms with E-state index in [1.165, 1.54) is 22.3 Å². The summed E-state index contributed by atoms with van der Waals surface area (Å²) in [7, 11) is 0. The van der Waals surface area contributed by atoms with Gasteiger partial charge in [0.1, 0.15) is 0 Å². The number of unbranched alkanes of at least 4 members (excludes halogenated alkanes) is 3. The van der Waals surface area contributed by atoms with E-state index in [1.54, 1.807) is 0 Å². The van der Waals surface area contributed by atoms with Crippen LogP contribution >= 0.6 is 0 Å². The van der Waals surface area contributed by atoms with Crippen molar-refractivity contribution in [2.45, 2.75) is 34.6 Å². The third kappa shape index (κ3) is 6.56. The first kappa shape index (κ1) is 19.5. The molecule has 0 atom stereocenters. The van der Waals surface area contributed by atoms with Gasteiger partial charge >= 0.3 is 174 Å². The summed E-state index contributed by atoms with van der Waals surface area (Å²) in [6.07, 6.45) is 4.14. The van der Waals surface area contributed by atoms with E-state index in [0.717, 1.165) is 34.6 Å². The van der Waals surface area contributed by atoms with Gasteiger partial charge in [0.05, 0.1) is 0 Å². The summed E-state index contributed by atoms with van der Waals surface area (Å²) in [4.78, 5) is 0. The summed E-state index contributed by atoms with van der Waals surface area (Å²) in [6, 6.07) is 16.9. The van der Waals surface area contributed by atoms with E-state index in [4.69, 9.17) is 0 Å². The van der Waals surface area contributed by atoms with Crippen molar-refractivity contribution in [3.63, 3.8) is 0 Å². The topological polar surface area (TPSA) is 0 Å². The molecule has 120 valence electrons. The monoisotopic (exact) mass is 544 g/mol. The molecule has 0 amide bonds. The van der Waals surface area contributed by atoms with Crippen molar-refractivity contribution < 1.29 is 0 Å². The van der Waals surface area contributed by atoms with Crippen LogP contribution in [0.1, 0.15) is 47.9 Å². The fourth-order valence-electron chi connectivity index (χ4n) is 2.28. The normalized spacial score (nSPS) is 9.58. The minimum absolute atomic E-state index is 0.951. The Hall–Kier alpha value is -0.861. The zero-order valence-corrected chi connectivity index (χ0v) is 18.3. The van der Waals surface area contributed by atoms with Crippen LogP contribution in [0.4, 0.5) is 0 Å². The molecule has 0 fully saturated rings. The van der Waals surface area contributed by atoms with Crippen molar-refractivity contribution in [2.24, 2.45) is 0 Å². The van der Waals surface area contributed by atoms with E-state index in [9.17, 15) is 0 Å². The quantitative estimate of drug-likeness (QED) is 0.306. The average Bonchev–Trinajstić information content (AvgIpc) is 2.64. The molecule has 0 bridgehead atoms. The SMILES string of the molecule is [Te]Cc1ccccc1C#CCCCCC#Cc1ccccc1C[Te]. The molecule has 0 aliphatic rings. The van der Waals surface area contributed by atoms with E-state index in [-0.39, 0.29) is 0 Å². The first-order valence-electron chi connectivity index (χ1n) is 8.15. The molecule has 0 aromatic heterocycles. The number of hydrogen-bond donors (Lipinski definition) is 0. The Kier molecular flexibility index (Phi) is 9.45. The van der Waals surface area contributed by atoms with Crippen LogP contribution in [0, 0.1) is 23.7 Å². The second-order valence-electron chi connectivity index (χ2n) is 5.41. The van der Waals surface area contributed by atoms with E-state index >= 15 is 0 Å². The molecule has 2 aromatic rings. The fourth-order valence-corrected chi connectivity index (χ4v) is 3.72. The predicted molar refractivity (Wildman–Crippen MR) is 104 cm³/mol. The Morgan fingerprint density at radius 2 is 1.04 bits per heavy atom. The first-order chi connectivity index (χ1) is 11.8. The summed E-state index contributed by atoms with van der Waals surface area (Å²) in [6.45, 7) is 0. The van der Waals surface area contributed by atoms with Gasteiger partial charge in [0.15, 0.2) is 0 Å². The standard InChI is InChI=1S/C22H20Te2/c23-17-21-15-9-7-13-19(21)11-5-3-1-2-4-6-12-20-14-8-10-16-22(20)18-24/h7-10,13-16H,1-4,17-18H2. The van der Waals surface area contributed by atoms with Gasteiger partial charge in [0.25, 0.3) is 0 Å². The maximum atomic E-state index is 3.31. The molecule has 0 unspecified atom stereocenters. The molecular formula is C22H20Te2. The van der Waals surface area contributed by atoms with E-state index in [0.29, 0.717) is 0 Å². The second-order valence-corrected chi connectivity index (χ2v) is 7.06. The Labute approximate surface area is 172 Å². The molecule has 0 aliphatic heterocycles. The van der Waals surface area contributed by atoms with Gasteiger partial charge in [0.2, 0.25) is 0 Å². The van der Waals surface area contributed by atoms with E-state index in [1.807, 2.05) is 0 Å². The van der Waals surface area contributed by atoms with Crippen molar-refractivity contribution in [2.75, 3.05) is 0 Å². The molecule has 0 nitrogen and oxygen atoms in total. The minimum atomic E-state index is 0.951. The van der Waals surface area contributed by atoms with Gasteiger partial charge in [-0.25, -0.2) is 0 Å². The van der Waals surface area contributed by atoms with Gasteiger partial charge in [-0.1, -0.05) is 0 Å². The molecule has 0 aliphatic carbocycles. The van der Waals surface area contributed by atoms with Crippen LogP contribution in [0.3, 0.4) is 0 Å². The van der Waals surface area contributed by atoms with Gasteiger partial charge in [-0.3, -0.25) is 0 Å². The van der Waals surface area contributed by atoms with Gasteiger partial charge in [-0.05, 0) is 0 Å². The molecule has 0 saturated heterocycles. The van der Waals surface area contributed by atoms with Gasteiger partial charge in [0, 0.05) is 0 Å². The third-order valence-electron chi connectivity index (χ3n) is 3.65. The molecule has 24 heavy (non-hydrogen) atoms. The van der Waals surface area contributed by atoms with Crippen LogP contribution in [0.25, 0.3) is 0 Å². The van der Waals surface area contributed by atoms with Crippen molar-refractivity contribution in [1.82, 2.24) is 0 Å². The Morgan fingerprint density at radius 3 is 1.46 bits per heavy atom. The van der Waals surface area contributed by atoms with Crippen LogP contribution in [-0.4, -0.2) is 44.6 Å². The first-order valence-corrected chi connectivity index (χ1v) is 11.4. The van der Waals surface area contributed by atoms with Crippen molar-refractivity contribution in [3.8, 4) is 23.7 Å². The summed E-state index contributed by atoms with van der Waals surface area (Å²) in [5.74, 6) is 13.2. The van der Waals surface area contributed by atoms with Crippen molar-refractivity contribution >= 4 is 44.6 Å². The van der Waals surface area contributed by atoms with Gasteiger partial charge < -0.3 is 0 Å². The molecule has 2 radical (unpaired) electrons. The zero-order chi connectivity index (χ0) is 17.0. The molecule has 2 heteroatoms. The molecule has 0 saturated carbocycles. The summed E-state index contributed by atoms with van der Waals surface area (Å²) in [5.41, 5.74) is 5.05. The maximum absolute atomic E-state index is 3.31. The summed E-state index contributed by atoms with van der Waals surface area (Å²) >= 11 is 4.21. The Morgan fingerprint density at radius 1 is 0.625 bits per heavy atom. The molecule has 2 aromatic carbocycles. The van der Waals surface area contributed by atoms with Crippen LogP contribution in [0.5, 0.6) is 0 Å². The predicted octanol–water partition coefficient (Wildman–Crippen LogP) is 3.99. The van der Waals surface area contributed by atoms with Crippen LogP contribution in [0.15, 0.2) is 48.5 Å². The Bertz CT molecular complexity index is 702. The van der Waals surface area contributed by atoms with Crippen LogP contribution < -0.4 is 0 Å². The van der Waals surface area contributed by atoms with Gasteiger partial charge in [-0.2, -0.15) is 0 Å². The van der Waals surface area contributed by atoms with Crippen LogP contribution in [0.2, 0.25) is 0 Å². The van der Waals surface area contributed by atoms with Crippen molar-refractivity contribution in [3.05, 3.63) is 70.8 Å². The number of benzene rings is 2. The average molecular weight is 540 g/mol. The molecular weight excluding hydrogens is 519 g/mol. The summed E-state index contributed by atoms with van der Waals surface area (Å²) < 4.78 is 2.10. The summed E-state index contributed by atoms with van der Waals surface area (Å²) in [5, 5.41) is 0. The van der Waals surface area contributed by atoms with Crippen LogP contribution in [-0.2, 0) is 8.94 Å². The number of hydrogen-bond acceptors (Lipinski definition) is 0. The molecule has 2 rings (SSSR count). The molecule has 0 N–H and O–H groups in total.